The van der Waals surface area contributed by atoms with Crippen LogP contribution in [0.5, 0.6) is 0 Å². The predicted molar refractivity (Wildman–Crippen MR) is 103 cm³/mol. The number of carbonyl (C=O) groups excluding carboxylic acids is 2. The topological polar surface area (TPSA) is 83.6 Å². The first-order valence-corrected chi connectivity index (χ1v) is 10.1. The molecule has 0 aromatic carbocycles. The number of nitrogens with zero attached hydrogens (tertiary/aromatic N) is 2. The SMILES string of the molecule is C[C@H](Nc1cccc(N2CCOC2=O)n1)C1CC2CC(Cl)CCC2NC1=O. The lowest BCUT2D eigenvalue weighted by atomic mass is 9.74. The first kappa shape index (κ1) is 18.3. The molecule has 2 aliphatic heterocycles. The number of aromatic nitrogens is 1. The van der Waals surface area contributed by atoms with Gasteiger partial charge in [0.15, 0.2) is 0 Å². The van der Waals surface area contributed by atoms with Crippen molar-refractivity contribution in [2.75, 3.05) is 23.4 Å². The van der Waals surface area contributed by atoms with Gasteiger partial charge >= 0.3 is 6.09 Å². The van der Waals surface area contributed by atoms with Crippen molar-refractivity contribution in [3.8, 4) is 0 Å². The van der Waals surface area contributed by atoms with Gasteiger partial charge in [0.05, 0.1) is 12.5 Å². The standard InChI is InChI=1S/C19H25ClN4O3/c1-11(14-10-12-9-13(20)5-6-15(12)22-18(14)25)21-16-3-2-4-17(23-16)24-7-8-27-19(24)26/h2-4,11-15H,5-10H2,1H3,(H,21,23)(H,22,25)/t11-,12?,13?,14?,15?/m0/s1. The monoisotopic (exact) mass is 392 g/mol. The highest BCUT2D eigenvalue weighted by Gasteiger charge is 2.41. The molecular weight excluding hydrogens is 368 g/mol. The first-order chi connectivity index (χ1) is 13.0. The fraction of sp³-hybridized carbons (Fsp3) is 0.632. The summed E-state index contributed by atoms with van der Waals surface area (Å²) < 4.78 is 4.97. The molecular formula is C19H25ClN4O3. The Morgan fingerprint density at radius 3 is 2.96 bits per heavy atom. The van der Waals surface area contributed by atoms with E-state index in [0.717, 1.165) is 25.7 Å². The average molecular weight is 393 g/mol. The van der Waals surface area contributed by atoms with Crippen molar-refractivity contribution < 1.29 is 14.3 Å². The zero-order valence-electron chi connectivity index (χ0n) is 15.4. The van der Waals surface area contributed by atoms with Crippen LogP contribution in [0.15, 0.2) is 18.2 Å². The van der Waals surface area contributed by atoms with Crippen LogP contribution in [0.3, 0.4) is 0 Å². The molecule has 2 amide bonds. The van der Waals surface area contributed by atoms with Gasteiger partial charge in [-0.3, -0.25) is 9.69 Å². The van der Waals surface area contributed by atoms with Crippen molar-refractivity contribution in [1.82, 2.24) is 10.3 Å². The zero-order chi connectivity index (χ0) is 19.0. The summed E-state index contributed by atoms with van der Waals surface area (Å²) in [6.45, 7) is 2.88. The van der Waals surface area contributed by atoms with E-state index in [4.69, 9.17) is 16.3 Å². The Morgan fingerprint density at radius 1 is 1.33 bits per heavy atom. The van der Waals surface area contributed by atoms with Crippen molar-refractivity contribution in [2.24, 2.45) is 11.8 Å². The van der Waals surface area contributed by atoms with Gasteiger partial charge in [0, 0.05) is 17.5 Å². The minimum Gasteiger partial charge on any atom is -0.447 e. The normalized spacial score (nSPS) is 31.7. The number of nitrogens with one attached hydrogen (secondary N) is 2. The van der Waals surface area contributed by atoms with Crippen molar-refractivity contribution in [2.45, 2.75) is 50.1 Å². The molecule has 3 fully saturated rings. The van der Waals surface area contributed by atoms with E-state index in [9.17, 15) is 9.59 Å². The molecule has 1 aliphatic carbocycles. The van der Waals surface area contributed by atoms with Crippen LogP contribution >= 0.6 is 11.6 Å². The van der Waals surface area contributed by atoms with Gasteiger partial charge in [-0.15, -0.1) is 11.6 Å². The van der Waals surface area contributed by atoms with Crippen molar-refractivity contribution in [1.29, 1.82) is 0 Å². The molecule has 4 rings (SSSR count). The second kappa shape index (κ2) is 7.54. The highest BCUT2D eigenvalue weighted by Crippen LogP contribution is 2.37. The summed E-state index contributed by atoms with van der Waals surface area (Å²) >= 11 is 6.34. The summed E-state index contributed by atoms with van der Waals surface area (Å²) in [6, 6.07) is 5.66. The number of piperidine rings is 1. The number of ether oxygens (including phenoxy) is 1. The Kier molecular flexibility index (Phi) is 5.12. The van der Waals surface area contributed by atoms with E-state index in [1.807, 2.05) is 19.1 Å². The van der Waals surface area contributed by atoms with Crippen LogP contribution in [-0.2, 0) is 9.53 Å². The van der Waals surface area contributed by atoms with Crippen molar-refractivity contribution in [3.05, 3.63) is 18.2 Å². The van der Waals surface area contributed by atoms with Gasteiger partial charge in [0.2, 0.25) is 5.91 Å². The summed E-state index contributed by atoms with van der Waals surface area (Å²) in [5.74, 6) is 1.61. The summed E-state index contributed by atoms with van der Waals surface area (Å²) in [7, 11) is 0. The number of alkyl halides is 1. The molecule has 146 valence electrons. The Balaban J connectivity index is 1.43. The van der Waals surface area contributed by atoms with Gasteiger partial charge in [-0.1, -0.05) is 6.07 Å². The number of cyclic esters (lactones) is 1. The first-order valence-electron chi connectivity index (χ1n) is 9.63. The largest absolute Gasteiger partial charge is 0.447 e. The summed E-state index contributed by atoms with van der Waals surface area (Å²) in [5, 5.41) is 6.75. The van der Waals surface area contributed by atoms with E-state index in [2.05, 4.69) is 15.6 Å². The van der Waals surface area contributed by atoms with Gasteiger partial charge in [-0.25, -0.2) is 9.78 Å². The molecule has 1 aromatic rings. The minimum absolute atomic E-state index is 0.0741. The highest BCUT2D eigenvalue weighted by atomic mass is 35.5. The van der Waals surface area contributed by atoms with E-state index in [0.29, 0.717) is 30.7 Å². The summed E-state index contributed by atoms with van der Waals surface area (Å²) in [6.07, 6.45) is 3.36. The second-order valence-electron chi connectivity index (χ2n) is 7.71. The quantitative estimate of drug-likeness (QED) is 0.770. The van der Waals surface area contributed by atoms with E-state index < -0.39 is 0 Å². The fourth-order valence-corrected chi connectivity index (χ4v) is 4.76. The average Bonchev–Trinajstić information content (AvgIpc) is 3.07. The Morgan fingerprint density at radius 2 is 2.19 bits per heavy atom. The van der Waals surface area contributed by atoms with Gasteiger partial charge in [-0.2, -0.15) is 0 Å². The lowest BCUT2D eigenvalue weighted by Gasteiger charge is -2.42. The van der Waals surface area contributed by atoms with E-state index >= 15 is 0 Å². The summed E-state index contributed by atoms with van der Waals surface area (Å²) in [5.41, 5.74) is 0. The third kappa shape index (κ3) is 3.83. The number of carbonyl (C=O) groups is 2. The molecule has 5 atom stereocenters. The predicted octanol–water partition coefficient (Wildman–Crippen LogP) is 2.75. The van der Waals surface area contributed by atoms with Crippen LogP contribution in [-0.4, -0.2) is 47.6 Å². The maximum Gasteiger partial charge on any atom is 0.415 e. The number of amides is 2. The smallest absolute Gasteiger partial charge is 0.415 e. The van der Waals surface area contributed by atoms with Crippen LogP contribution in [0, 0.1) is 11.8 Å². The van der Waals surface area contributed by atoms with Crippen LogP contribution in [0.2, 0.25) is 0 Å². The molecule has 1 aromatic heterocycles. The maximum absolute atomic E-state index is 12.6. The molecule has 0 radical (unpaired) electrons. The zero-order valence-corrected chi connectivity index (χ0v) is 16.1. The van der Waals surface area contributed by atoms with Gasteiger partial charge in [0.1, 0.15) is 18.2 Å². The fourth-order valence-electron chi connectivity index (χ4n) is 4.40. The number of anilines is 2. The van der Waals surface area contributed by atoms with Crippen LogP contribution < -0.4 is 15.5 Å². The van der Waals surface area contributed by atoms with E-state index in [-0.39, 0.29) is 35.4 Å². The molecule has 7 nitrogen and oxygen atoms in total. The molecule has 3 aliphatic rings. The molecule has 4 unspecified atom stereocenters. The lowest BCUT2D eigenvalue weighted by molar-refractivity contribution is -0.130. The third-order valence-electron chi connectivity index (χ3n) is 5.89. The number of rotatable bonds is 4. The molecule has 27 heavy (non-hydrogen) atoms. The summed E-state index contributed by atoms with van der Waals surface area (Å²) in [4.78, 5) is 30.4. The Hall–Kier alpha value is -2.02. The van der Waals surface area contributed by atoms with Gasteiger partial charge in [0.25, 0.3) is 0 Å². The van der Waals surface area contributed by atoms with Gasteiger partial charge < -0.3 is 15.4 Å². The Labute approximate surface area is 163 Å². The van der Waals surface area contributed by atoms with Crippen molar-refractivity contribution >= 4 is 35.2 Å². The maximum atomic E-state index is 12.6. The van der Waals surface area contributed by atoms with Crippen LogP contribution in [0.1, 0.15) is 32.6 Å². The second-order valence-corrected chi connectivity index (χ2v) is 8.32. The molecule has 1 saturated carbocycles. The molecule has 3 heterocycles. The van der Waals surface area contributed by atoms with Crippen LogP contribution in [0.4, 0.5) is 16.4 Å². The number of halogens is 1. The van der Waals surface area contributed by atoms with E-state index in [1.165, 1.54) is 4.90 Å². The van der Waals surface area contributed by atoms with Crippen LogP contribution in [0.25, 0.3) is 0 Å². The third-order valence-corrected chi connectivity index (χ3v) is 6.29. The number of fused-ring (bicyclic) bond motifs is 1. The van der Waals surface area contributed by atoms with Gasteiger partial charge in [-0.05, 0) is 50.7 Å². The molecule has 2 saturated heterocycles. The number of hydrogen-bond donors (Lipinski definition) is 2. The lowest BCUT2D eigenvalue weighted by Crippen LogP contribution is -2.55. The highest BCUT2D eigenvalue weighted by molar-refractivity contribution is 6.20. The van der Waals surface area contributed by atoms with Crippen molar-refractivity contribution in [3.63, 3.8) is 0 Å². The minimum atomic E-state index is -0.377. The molecule has 8 heteroatoms. The van der Waals surface area contributed by atoms with E-state index in [1.54, 1.807) is 6.07 Å². The Bertz CT molecular complexity index is 731. The number of hydrogen-bond acceptors (Lipinski definition) is 5. The molecule has 0 bridgehead atoms. The molecule has 2 N–H and O–H groups in total. The molecule has 0 spiro atoms. The number of pyridine rings is 1.